The van der Waals surface area contributed by atoms with E-state index in [1.54, 1.807) is 19.2 Å². The maximum absolute atomic E-state index is 10.7. The zero-order chi connectivity index (χ0) is 13.1. The topological polar surface area (TPSA) is 52.1 Å². The van der Waals surface area contributed by atoms with E-state index in [0.717, 1.165) is 11.1 Å². The molecule has 1 heterocycles. The lowest BCUT2D eigenvalue weighted by Crippen LogP contribution is -1.96. The van der Waals surface area contributed by atoms with Gasteiger partial charge < -0.3 is 4.74 Å². The molecule has 0 fully saturated rings. The summed E-state index contributed by atoms with van der Waals surface area (Å²) in [6.07, 6.45) is 2.13. The zero-order valence-electron chi connectivity index (χ0n) is 9.98. The minimum absolute atomic E-state index is 0.131. The highest BCUT2D eigenvalue weighted by Gasteiger charge is 2.11. The second-order valence-corrected chi connectivity index (χ2v) is 4.13. The molecule has 0 unspecified atom stereocenters. The van der Waals surface area contributed by atoms with Gasteiger partial charge in [-0.2, -0.15) is 0 Å². The van der Waals surface area contributed by atoms with Crippen LogP contribution in [0.15, 0.2) is 24.4 Å². The number of aryl methyl sites for hydroxylation is 1. The third-order valence-corrected chi connectivity index (χ3v) is 2.94. The number of aldehydes is 1. The summed E-state index contributed by atoms with van der Waals surface area (Å²) in [5.41, 5.74) is 2.26. The number of hydrogen-bond acceptors (Lipinski definition) is 4. The number of ether oxygens (including phenoxy) is 1. The summed E-state index contributed by atoms with van der Waals surface area (Å²) in [6.45, 7) is 1.89. The Hall–Kier alpha value is -1.94. The van der Waals surface area contributed by atoms with Crippen molar-refractivity contribution < 1.29 is 9.53 Å². The highest BCUT2D eigenvalue weighted by Crippen LogP contribution is 2.33. The summed E-state index contributed by atoms with van der Waals surface area (Å²) in [6, 6.07) is 5.31. The van der Waals surface area contributed by atoms with Crippen LogP contribution in [0.4, 0.5) is 0 Å². The van der Waals surface area contributed by atoms with Gasteiger partial charge in [0.1, 0.15) is 5.75 Å². The number of halogens is 1. The second kappa shape index (κ2) is 5.14. The van der Waals surface area contributed by atoms with Gasteiger partial charge in [-0.3, -0.25) is 4.79 Å². The average Bonchev–Trinajstić information content (AvgIpc) is 2.41. The van der Waals surface area contributed by atoms with Gasteiger partial charge in [-0.15, -0.1) is 0 Å². The molecule has 0 radical (unpaired) electrons. The van der Waals surface area contributed by atoms with E-state index in [1.807, 2.05) is 13.0 Å². The van der Waals surface area contributed by atoms with Crippen molar-refractivity contribution in [1.29, 1.82) is 0 Å². The number of hydrogen-bond donors (Lipinski definition) is 0. The highest BCUT2D eigenvalue weighted by molar-refractivity contribution is 6.31. The smallest absolute Gasteiger partial charge is 0.193 e. The fourth-order valence-corrected chi connectivity index (χ4v) is 1.77. The average molecular weight is 263 g/mol. The summed E-state index contributed by atoms with van der Waals surface area (Å²) in [4.78, 5) is 18.6. The normalized spacial score (nSPS) is 10.2. The van der Waals surface area contributed by atoms with Gasteiger partial charge in [0, 0.05) is 16.8 Å². The number of aromatic nitrogens is 2. The van der Waals surface area contributed by atoms with Gasteiger partial charge in [0.25, 0.3) is 0 Å². The minimum Gasteiger partial charge on any atom is -0.496 e. The molecule has 0 amide bonds. The Kier molecular flexibility index (Phi) is 3.58. The Balaban J connectivity index is 2.61. The van der Waals surface area contributed by atoms with E-state index in [4.69, 9.17) is 16.3 Å². The third-order valence-electron chi connectivity index (χ3n) is 2.54. The van der Waals surface area contributed by atoms with E-state index in [9.17, 15) is 4.79 Å². The Bertz CT molecular complexity index is 600. The van der Waals surface area contributed by atoms with Gasteiger partial charge in [-0.1, -0.05) is 11.6 Å². The van der Waals surface area contributed by atoms with Crippen LogP contribution in [-0.4, -0.2) is 23.4 Å². The number of nitrogens with zero attached hydrogens (tertiary/aromatic N) is 2. The zero-order valence-corrected chi connectivity index (χ0v) is 10.7. The van der Waals surface area contributed by atoms with Crippen LogP contribution in [-0.2, 0) is 0 Å². The molecule has 0 bridgehead atoms. The van der Waals surface area contributed by atoms with Crippen molar-refractivity contribution in [3.63, 3.8) is 0 Å². The molecular formula is C13H11ClN2O2. The molecule has 0 atom stereocenters. The van der Waals surface area contributed by atoms with Crippen LogP contribution in [0.5, 0.6) is 5.75 Å². The lowest BCUT2D eigenvalue weighted by molar-refractivity contribution is 0.111. The van der Waals surface area contributed by atoms with E-state index >= 15 is 0 Å². The Labute approximate surface area is 110 Å². The van der Waals surface area contributed by atoms with Gasteiger partial charge in [-0.25, -0.2) is 9.97 Å². The summed E-state index contributed by atoms with van der Waals surface area (Å²) in [5, 5.41) is 0.622. The molecule has 1 aromatic heterocycles. The van der Waals surface area contributed by atoms with Crippen molar-refractivity contribution in [2.45, 2.75) is 6.92 Å². The molecule has 0 saturated heterocycles. The first kappa shape index (κ1) is 12.5. The molecule has 18 heavy (non-hydrogen) atoms. The number of rotatable bonds is 3. The molecule has 0 aliphatic carbocycles. The van der Waals surface area contributed by atoms with Gasteiger partial charge in [0.05, 0.1) is 12.8 Å². The molecule has 0 N–H and O–H groups in total. The largest absolute Gasteiger partial charge is 0.496 e. The summed E-state index contributed by atoms with van der Waals surface area (Å²) < 4.78 is 5.30. The molecule has 4 nitrogen and oxygen atoms in total. The first-order chi connectivity index (χ1) is 8.65. The van der Waals surface area contributed by atoms with Gasteiger partial charge in [0.2, 0.25) is 0 Å². The van der Waals surface area contributed by atoms with Crippen molar-refractivity contribution in [2.24, 2.45) is 0 Å². The van der Waals surface area contributed by atoms with E-state index in [1.165, 1.54) is 6.20 Å². The predicted octanol–water partition coefficient (Wildman–Crippen LogP) is 2.93. The SMILES string of the molecule is COc1cc(C)c(Cl)cc1-c1ccnc(C=O)n1. The summed E-state index contributed by atoms with van der Waals surface area (Å²) >= 11 is 6.10. The summed E-state index contributed by atoms with van der Waals surface area (Å²) in [5.74, 6) is 0.790. The first-order valence-electron chi connectivity index (χ1n) is 5.28. The standard InChI is InChI=1S/C13H11ClN2O2/c1-8-5-12(18-2)9(6-10(8)14)11-3-4-15-13(7-17)16-11/h3-7H,1-2H3. The number of methoxy groups -OCH3 is 1. The molecule has 2 rings (SSSR count). The Morgan fingerprint density at radius 1 is 1.39 bits per heavy atom. The maximum atomic E-state index is 10.7. The second-order valence-electron chi connectivity index (χ2n) is 3.72. The minimum atomic E-state index is 0.131. The number of carbonyl (C=O) groups excluding carboxylic acids is 1. The Morgan fingerprint density at radius 3 is 2.83 bits per heavy atom. The highest BCUT2D eigenvalue weighted by atomic mass is 35.5. The quantitative estimate of drug-likeness (QED) is 0.798. The van der Waals surface area contributed by atoms with Gasteiger partial charge >= 0.3 is 0 Å². The fourth-order valence-electron chi connectivity index (χ4n) is 1.60. The van der Waals surface area contributed by atoms with E-state index < -0.39 is 0 Å². The van der Waals surface area contributed by atoms with E-state index in [0.29, 0.717) is 22.8 Å². The van der Waals surface area contributed by atoms with Crippen LogP contribution >= 0.6 is 11.6 Å². The third kappa shape index (κ3) is 2.33. The monoisotopic (exact) mass is 262 g/mol. The van der Waals surface area contributed by atoms with Gasteiger partial charge in [-0.05, 0) is 30.7 Å². The molecule has 0 aliphatic rings. The van der Waals surface area contributed by atoms with Crippen LogP contribution in [0, 0.1) is 6.92 Å². The number of benzene rings is 1. The van der Waals surface area contributed by atoms with Crippen molar-refractivity contribution in [3.8, 4) is 17.0 Å². The van der Waals surface area contributed by atoms with E-state index in [2.05, 4.69) is 9.97 Å². The van der Waals surface area contributed by atoms with Crippen LogP contribution in [0.3, 0.4) is 0 Å². The molecule has 5 heteroatoms. The molecule has 2 aromatic rings. The maximum Gasteiger partial charge on any atom is 0.193 e. The lowest BCUT2D eigenvalue weighted by Gasteiger charge is -2.10. The Morgan fingerprint density at radius 2 is 2.17 bits per heavy atom. The van der Waals surface area contributed by atoms with Crippen LogP contribution in [0.1, 0.15) is 16.2 Å². The molecular weight excluding hydrogens is 252 g/mol. The van der Waals surface area contributed by atoms with Crippen molar-refractivity contribution in [2.75, 3.05) is 7.11 Å². The summed E-state index contributed by atoms with van der Waals surface area (Å²) in [7, 11) is 1.58. The lowest BCUT2D eigenvalue weighted by atomic mass is 10.1. The van der Waals surface area contributed by atoms with E-state index in [-0.39, 0.29) is 5.82 Å². The molecule has 0 spiro atoms. The fraction of sp³-hybridized carbons (Fsp3) is 0.154. The van der Waals surface area contributed by atoms with Crippen LogP contribution in [0.2, 0.25) is 5.02 Å². The number of carbonyl (C=O) groups is 1. The molecule has 0 saturated carbocycles. The van der Waals surface area contributed by atoms with Crippen molar-refractivity contribution in [1.82, 2.24) is 9.97 Å². The van der Waals surface area contributed by atoms with Crippen LogP contribution < -0.4 is 4.74 Å². The van der Waals surface area contributed by atoms with Gasteiger partial charge in [0.15, 0.2) is 12.1 Å². The first-order valence-corrected chi connectivity index (χ1v) is 5.66. The van der Waals surface area contributed by atoms with Crippen molar-refractivity contribution in [3.05, 3.63) is 40.8 Å². The molecule has 0 aliphatic heterocycles. The van der Waals surface area contributed by atoms with Crippen LogP contribution in [0.25, 0.3) is 11.3 Å². The van der Waals surface area contributed by atoms with Crippen molar-refractivity contribution >= 4 is 17.9 Å². The predicted molar refractivity (Wildman–Crippen MR) is 69.2 cm³/mol. The molecule has 1 aromatic carbocycles. The molecule has 92 valence electrons.